The van der Waals surface area contributed by atoms with Gasteiger partial charge >= 0.3 is 0 Å². The van der Waals surface area contributed by atoms with Crippen LogP contribution in [0, 0.1) is 16.0 Å². The van der Waals surface area contributed by atoms with E-state index in [9.17, 15) is 14.9 Å². The number of non-ortho nitro benzene ring substituents is 1. The Hall–Kier alpha value is -2.21. The summed E-state index contributed by atoms with van der Waals surface area (Å²) in [6.07, 6.45) is 3.80. The van der Waals surface area contributed by atoms with Crippen LogP contribution in [0.3, 0.4) is 0 Å². The van der Waals surface area contributed by atoms with E-state index in [0.717, 1.165) is 6.42 Å². The zero-order valence-electron chi connectivity index (χ0n) is 10.9. The average Bonchev–Trinajstić information content (AvgIpc) is 2.94. The van der Waals surface area contributed by atoms with Gasteiger partial charge in [-0.1, -0.05) is 12.1 Å². The first-order valence-electron chi connectivity index (χ1n) is 6.42. The van der Waals surface area contributed by atoms with Crippen LogP contribution in [0.1, 0.15) is 12.0 Å². The molecule has 20 heavy (non-hydrogen) atoms. The molecule has 0 aromatic heterocycles. The van der Waals surface area contributed by atoms with Gasteiger partial charge in [-0.25, -0.2) is 0 Å². The highest BCUT2D eigenvalue weighted by molar-refractivity contribution is 5.92. The van der Waals surface area contributed by atoms with Crippen LogP contribution in [0.25, 0.3) is 6.08 Å². The molecule has 106 valence electrons. The lowest BCUT2D eigenvalue weighted by Crippen LogP contribution is -2.27. The summed E-state index contributed by atoms with van der Waals surface area (Å²) in [5.41, 5.74) is 0.617. The fourth-order valence-electron chi connectivity index (χ4n) is 2.20. The Bertz CT molecular complexity index is 542. The molecule has 1 saturated heterocycles. The largest absolute Gasteiger partial charge is 0.396 e. The lowest BCUT2D eigenvalue weighted by atomic mass is 10.1. The first kappa shape index (κ1) is 14.2. The summed E-state index contributed by atoms with van der Waals surface area (Å²) >= 11 is 0. The van der Waals surface area contributed by atoms with E-state index in [4.69, 9.17) is 5.11 Å². The van der Waals surface area contributed by atoms with E-state index in [1.807, 2.05) is 0 Å². The minimum Gasteiger partial charge on any atom is -0.396 e. The van der Waals surface area contributed by atoms with Gasteiger partial charge in [-0.3, -0.25) is 14.9 Å². The monoisotopic (exact) mass is 276 g/mol. The maximum atomic E-state index is 11.9. The predicted octanol–water partition coefficient (Wildman–Crippen LogP) is 1.45. The van der Waals surface area contributed by atoms with E-state index in [1.165, 1.54) is 18.2 Å². The molecule has 0 spiro atoms. The summed E-state index contributed by atoms with van der Waals surface area (Å²) in [7, 11) is 0. The highest BCUT2D eigenvalue weighted by Gasteiger charge is 2.24. The number of nitro groups is 1. The quantitative estimate of drug-likeness (QED) is 0.512. The van der Waals surface area contributed by atoms with Crippen molar-refractivity contribution in [1.82, 2.24) is 4.90 Å². The molecule has 1 fully saturated rings. The van der Waals surface area contributed by atoms with Gasteiger partial charge < -0.3 is 10.0 Å². The fourth-order valence-corrected chi connectivity index (χ4v) is 2.20. The highest BCUT2D eigenvalue weighted by Crippen LogP contribution is 2.17. The van der Waals surface area contributed by atoms with E-state index in [0.29, 0.717) is 18.7 Å². The van der Waals surface area contributed by atoms with Gasteiger partial charge in [0, 0.05) is 43.8 Å². The number of nitrogens with zero attached hydrogens (tertiary/aromatic N) is 2. The van der Waals surface area contributed by atoms with Crippen molar-refractivity contribution >= 4 is 17.7 Å². The molecule has 0 aliphatic carbocycles. The normalized spacial score (nSPS) is 18.6. The van der Waals surface area contributed by atoms with Crippen molar-refractivity contribution in [2.45, 2.75) is 6.42 Å². The number of aliphatic hydroxyl groups excluding tert-OH is 1. The summed E-state index contributed by atoms with van der Waals surface area (Å²) in [5, 5.41) is 19.7. The first-order chi connectivity index (χ1) is 9.60. The molecule has 0 bridgehead atoms. The number of carbonyl (C=O) groups excluding carboxylic acids is 1. The second-order valence-corrected chi connectivity index (χ2v) is 4.81. The number of aliphatic hydroxyl groups is 1. The van der Waals surface area contributed by atoms with Gasteiger partial charge in [0.2, 0.25) is 5.91 Å². The topological polar surface area (TPSA) is 83.7 Å². The predicted molar refractivity (Wildman–Crippen MR) is 73.9 cm³/mol. The Morgan fingerprint density at radius 2 is 2.35 bits per heavy atom. The molecule has 0 radical (unpaired) electrons. The van der Waals surface area contributed by atoms with E-state index in [1.54, 1.807) is 23.1 Å². The van der Waals surface area contributed by atoms with Crippen molar-refractivity contribution < 1.29 is 14.8 Å². The minimum absolute atomic E-state index is 0.00103. The Morgan fingerprint density at radius 3 is 3.00 bits per heavy atom. The summed E-state index contributed by atoms with van der Waals surface area (Å²) in [6, 6.07) is 6.12. The number of amides is 1. The molecule has 1 N–H and O–H groups in total. The third-order valence-corrected chi connectivity index (χ3v) is 3.36. The summed E-state index contributed by atoms with van der Waals surface area (Å²) < 4.78 is 0. The zero-order valence-corrected chi connectivity index (χ0v) is 10.9. The van der Waals surface area contributed by atoms with Crippen LogP contribution < -0.4 is 0 Å². The van der Waals surface area contributed by atoms with Gasteiger partial charge in [-0.2, -0.15) is 0 Å². The number of hydrogen-bond acceptors (Lipinski definition) is 4. The number of hydrogen-bond donors (Lipinski definition) is 1. The number of benzene rings is 1. The van der Waals surface area contributed by atoms with Gasteiger partial charge in [0.1, 0.15) is 0 Å². The van der Waals surface area contributed by atoms with Gasteiger partial charge in [0.25, 0.3) is 5.69 Å². The van der Waals surface area contributed by atoms with Crippen LogP contribution in [0.4, 0.5) is 5.69 Å². The fraction of sp³-hybridized carbons (Fsp3) is 0.357. The summed E-state index contributed by atoms with van der Waals surface area (Å²) in [6.45, 7) is 1.30. The van der Waals surface area contributed by atoms with Crippen LogP contribution in [-0.4, -0.2) is 40.5 Å². The molecular weight excluding hydrogens is 260 g/mol. The molecule has 2 rings (SSSR count). The van der Waals surface area contributed by atoms with E-state index < -0.39 is 4.92 Å². The first-order valence-corrected chi connectivity index (χ1v) is 6.42. The number of nitro benzene ring substituents is 1. The second kappa shape index (κ2) is 6.29. The van der Waals surface area contributed by atoms with Crippen molar-refractivity contribution in [3.05, 3.63) is 46.0 Å². The van der Waals surface area contributed by atoms with Gasteiger partial charge in [0.15, 0.2) is 0 Å². The number of rotatable bonds is 4. The number of likely N-dealkylation sites (tertiary alicyclic amines) is 1. The smallest absolute Gasteiger partial charge is 0.270 e. The van der Waals surface area contributed by atoms with Crippen molar-refractivity contribution in [1.29, 1.82) is 0 Å². The molecule has 1 amide bonds. The van der Waals surface area contributed by atoms with Crippen LogP contribution in [0.5, 0.6) is 0 Å². The van der Waals surface area contributed by atoms with Crippen molar-refractivity contribution in [3.8, 4) is 0 Å². The lowest BCUT2D eigenvalue weighted by Gasteiger charge is -2.13. The van der Waals surface area contributed by atoms with Crippen LogP contribution >= 0.6 is 0 Å². The third-order valence-electron chi connectivity index (χ3n) is 3.36. The van der Waals surface area contributed by atoms with Gasteiger partial charge in [-0.15, -0.1) is 0 Å². The molecule has 6 heteroatoms. The molecule has 6 nitrogen and oxygen atoms in total. The van der Waals surface area contributed by atoms with E-state index in [2.05, 4.69) is 0 Å². The Labute approximate surface area is 116 Å². The van der Waals surface area contributed by atoms with Crippen molar-refractivity contribution in [3.63, 3.8) is 0 Å². The minimum atomic E-state index is -0.467. The zero-order chi connectivity index (χ0) is 14.5. The highest BCUT2D eigenvalue weighted by atomic mass is 16.6. The second-order valence-electron chi connectivity index (χ2n) is 4.81. The summed E-state index contributed by atoms with van der Waals surface area (Å²) in [4.78, 5) is 23.8. The molecular formula is C14H16N2O4. The Balaban J connectivity index is 2.00. The SMILES string of the molecule is O=C(/C=C/c1cccc([N+](=O)[O-])c1)N1CCC(CO)C1. The molecule has 1 aliphatic rings. The van der Waals surface area contributed by atoms with Crippen molar-refractivity contribution in [2.75, 3.05) is 19.7 Å². The molecule has 1 aromatic rings. The average molecular weight is 276 g/mol. The maximum absolute atomic E-state index is 11.9. The molecule has 1 heterocycles. The van der Waals surface area contributed by atoms with Crippen LogP contribution in [0.2, 0.25) is 0 Å². The van der Waals surface area contributed by atoms with E-state index in [-0.39, 0.29) is 24.1 Å². The lowest BCUT2D eigenvalue weighted by molar-refractivity contribution is -0.384. The Kier molecular flexibility index (Phi) is 4.47. The molecule has 1 unspecified atom stereocenters. The number of carbonyl (C=O) groups is 1. The summed E-state index contributed by atoms with van der Waals surface area (Å²) in [5.74, 6) is 0.0256. The molecule has 1 atom stereocenters. The standard InChI is InChI=1S/C14H16N2O4/c17-10-12-6-7-15(9-12)14(18)5-4-11-2-1-3-13(8-11)16(19)20/h1-5,8,12,17H,6-7,9-10H2/b5-4+. The van der Waals surface area contributed by atoms with Gasteiger partial charge in [-0.05, 0) is 18.1 Å². The third kappa shape index (κ3) is 3.42. The van der Waals surface area contributed by atoms with E-state index >= 15 is 0 Å². The molecule has 0 saturated carbocycles. The maximum Gasteiger partial charge on any atom is 0.270 e. The van der Waals surface area contributed by atoms with Crippen LogP contribution in [-0.2, 0) is 4.79 Å². The van der Waals surface area contributed by atoms with Crippen LogP contribution in [0.15, 0.2) is 30.3 Å². The van der Waals surface area contributed by atoms with Crippen molar-refractivity contribution in [2.24, 2.45) is 5.92 Å². The molecule has 1 aromatic carbocycles. The van der Waals surface area contributed by atoms with Gasteiger partial charge in [0.05, 0.1) is 4.92 Å². The molecule has 1 aliphatic heterocycles. The Morgan fingerprint density at radius 1 is 1.55 bits per heavy atom.